The second-order valence-corrected chi connectivity index (χ2v) is 5.64. The number of ether oxygens (including phenoxy) is 1. The Morgan fingerprint density at radius 2 is 1.62 bits per heavy atom. The maximum atomic E-state index is 5.60. The summed E-state index contributed by atoms with van der Waals surface area (Å²) in [6, 6.07) is 16.0. The van der Waals surface area contributed by atoms with E-state index in [0.717, 1.165) is 30.2 Å². The molecule has 0 aromatic heterocycles. The molecule has 0 fully saturated rings. The lowest BCUT2D eigenvalue weighted by Crippen LogP contribution is -2.22. The molecule has 2 aromatic rings. The van der Waals surface area contributed by atoms with E-state index in [4.69, 9.17) is 17.0 Å². The number of rotatable bonds is 7. The number of benzene rings is 2. The molecule has 5 heteroatoms. The number of hydrogen-bond acceptors (Lipinski definition) is 3. The van der Waals surface area contributed by atoms with Crippen molar-refractivity contribution in [2.45, 2.75) is 20.8 Å². The van der Waals surface area contributed by atoms with Gasteiger partial charge in [0.2, 0.25) is 0 Å². The monoisotopic (exact) mass is 343 g/mol. The Bertz CT molecular complexity index is 654. The topological polar surface area (TPSA) is 36.5 Å². The van der Waals surface area contributed by atoms with E-state index in [1.807, 2.05) is 43.3 Å². The fourth-order valence-electron chi connectivity index (χ4n) is 2.48. The summed E-state index contributed by atoms with van der Waals surface area (Å²) in [7, 11) is 0. The summed E-state index contributed by atoms with van der Waals surface area (Å²) in [5.74, 6) is 0.793. The average molecular weight is 343 g/mol. The van der Waals surface area contributed by atoms with Gasteiger partial charge in [0.15, 0.2) is 5.11 Å². The average Bonchev–Trinajstić information content (AvgIpc) is 2.59. The van der Waals surface area contributed by atoms with E-state index >= 15 is 0 Å². The first kappa shape index (κ1) is 18.1. The first-order valence-electron chi connectivity index (χ1n) is 8.32. The molecule has 0 atom stereocenters. The molecule has 0 bridgehead atoms. The molecule has 2 aromatic carbocycles. The second kappa shape index (κ2) is 9.13. The molecule has 0 aliphatic rings. The number of nitrogens with one attached hydrogen (secondary N) is 2. The second-order valence-electron chi connectivity index (χ2n) is 5.23. The molecular weight excluding hydrogens is 318 g/mol. The number of hydrogen-bond donors (Lipinski definition) is 2. The smallest absolute Gasteiger partial charge is 0.175 e. The van der Waals surface area contributed by atoms with Gasteiger partial charge in [-0.05, 0) is 69.4 Å². The van der Waals surface area contributed by atoms with Gasteiger partial charge in [-0.3, -0.25) is 0 Å². The van der Waals surface area contributed by atoms with E-state index in [0.29, 0.717) is 11.7 Å². The summed E-state index contributed by atoms with van der Waals surface area (Å²) in [6.07, 6.45) is 0. The van der Waals surface area contributed by atoms with Crippen molar-refractivity contribution in [3.63, 3.8) is 0 Å². The standard InChI is InChI=1S/C19H25N3OS/c1-4-22(5-2)16-13-11-15(12-14-16)20-19(24)21-17-9-7-8-10-18(17)23-6-3/h7-14H,4-6H2,1-3H3,(H2,20,21,24). The van der Waals surface area contributed by atoms with Gasteiger partial charge in [-0.25, -0.2) is 0 Å². The summed E-state index contributed by atoms with van der Waals surface area (Å²) in [4.78, 5) is 2.30. The van der Waals surface area contributed by atoms with Gasteiger partial charge in [0, 0.05) is 24.5 Å². The van der Waals surface area contributed by atoms with Gasteiger partial charge in [0.25, 0.3) is 0 Å². The highest BCUT2D eigenvalue weighted by atomic mass is 32.1. The van der Waals surface area contributed by atoms with Gasteiger partial charge in [0.1, 0.15) is 5.75 Å². The highest BCUT2D eigenvalue weighted by molar-refractivity contribution is 7.80. The molecular formula is C19H25N3OS. The summed E-state index contributed by atoms with van der Waals surface area (Å²) in [5.41, 5.74) is 3.03. The third-order valence-corrected chi connectivity index (χ3v) is 3.89. The van der Waals surface area contributed by atoms with Gasteiger partial charge in [0.05, 0.1) is 12.3 Å². The van der Waals surface area contributed by atoms with Crippen LogP contribution in [0.2, 0.25) is 0 Å². The van der Waals surface area contributed by atoms with Crippen LogP contribution in [-0.2, 0) is 0 Å². The van der Waals surface area contributed by atoms with Gasteiger partial charge < -0.3 is 20.3 Å². The summed E-state index contributed by atoms with van der Waals surface area (Å²) in [6.45, 7) is 8.89. The quantitative estimate of drug-likeness (QED) is 0.710. The molecule has 0 unspecified atom stereocenters. The van der Waals surface area contributed by atoms with E-state index < -0.39 is 0 Å². The van der Waals surface area contributed by atoms with E-state index in [1.54, 1.807) is 0 Å². The van der Waals surface area contributed by atoms with E-state index in [2.05, 4.69) is 41.5 Å². The van der Waals surface area contributed by atoms with E-state index in [-0.39, 0.29) is 0 Å². The molecule has 0 spiro atoms. The van der Waals surface area contributed by atoms with Crippen LogP contribution in [0.1, 0.15) is 20.8 Å². The van der Waals surface area contributed by atoms with Crippen molar-refractivity contribution < 1.29 is 4.74 Å². The molecule has 128 valence electrons. The van der Waals surface area contributed by atoms with E-state index in [9.17, 15) is 0 Å². The lowest BCUT2D eigenvalue weighted by molar-refractivity contribution is 0.342. The molecule has 24 heavy (non-hydrogen) atoms. The largest absolute Gasteiger partial charge is 0.492 e. The van der Waals surface area contributed by atoms with Gasteiger partial charge in [-0.2, -0.15) is 0 Å². The highest BCUT2D eigenvalue weighted by Gasteiger charge is 2.06. The SMILES string of the molecule is CCOc1ccccc1NC(=S)Nc1ccc(N(CC)CC)cc1. The van der Waals surface area contributed by atoms with Crippen LogP contribution in [0.25, 0.3) is 0 Å². The Balaban J connectivity index is 2.00. The van der Waals surface area contributed by atoms with E-state index in [1.165, 1.54) is 5.69 Å². The number of para-hydroxylation sites is 2. The molecule has 2 rings (SSSR count). The number of nitrogens with zero attached hydrogens (tertiary/aromatic N) is 1. The Hall–Kier alpha value is -2.27. The van der Waals surface area contributed by atoms with Crippen LogP contribution in [0, 0.1) is 0 Å². The Labute approximate surface area is 149 Å². The first-order valence-corrected chi connectivity index (χ1v) is 8.73. The Kier molecular flexibility index (Phi) is 6.88. The summed E-state index contributed by atoms with van der Waals surface area (Å²) < 4.78 is 5.60. The molecule has 0 saturated heterocycles. The molecule has 0 heterocycles. The molecule has 0 radical (unpaired) electrons. The van der Waals surface area contributed by atoms with Crippen LogP contribution < -0.4 is 20.3 Å². The molecule has 0 aliphatic carbocycles. The minimum atomic E-state index is 0.540. The molecule has 2 N–H and O–H groups in total. The molecule has 0 saturated carbocycles. The Morgan fingerprint density at radius 1 is 0.958 bits per heavy atom. The molecule has 0 aliphatic heterocycles. The summed E-state index contributed by atoms with van der Waals surface area (Å²) in [5, 5.41) is 6.94. The normalized spacial score (nSPS) is 10.1. The summed E-state index contributed by atoms with van der Waals surface area (Å²) >= 11 is 5.40. The van der Waals surface area contributed by atoms with Crippen LogP contribution in [0.5, 0.6) is 5.75 Å². The zero-order chi connectivity index (χ0) is 17.4. The van der Waals surface area contributed by atoms with Gasteiger partial charge in [-0.1, -0.05) is 12.1 Å². The molecule has 4 nitrogen and oxygen atoms in total. The van der Waals surface area contributed by atoms with Gasteiger partial charge >= 0.3 is 0 Å². The van der Waals surface area contributed by atoms with Crippen LogP contribution >= 0.6 is 12.2 Å². The van der Waals surface area contributed by atoms with Crippen LogP contribution in [0.15, 0.2) is 48.5 Å². The fraction of sp³-hybridized carbons (Fsp3) is 0.316. The molecule has 0 amide bonds. The lowest BCUT2D eigenvalue weighted by atomic mass is 10.2. The Morgan fingerprint density at radius 3 is 2.25 bits per heavy atom. The van der Waals surface area contributed by atoms with Crippen LogP contribution in [0.4, 0.5) is 17.1 Å². The third-order valence-electron chi connectivity index (χ3n) is 3.69. The zero-order valence-electron chi connectivity index (χ0n) is 14.5. The van der Waals surface area contributed by atoms with Crippen molar-refractivity contribution in [2.75, 3.05) is 35.2 Å². The van der Waals surface area contributed by atoms with Crippen molar-refractivity contribution in [3.8, 4) is 5.75 Å². The van der Waals surface area contributed by atoms with Crippen molar-refractivity contribution >= 4 is 34.4 Å². The van der Waals surface area contributed by atoms with Crippen molar-refractivity contribution in [2.24, 2.45) is 0 Å². The van der Waals surface area contributed by atoms with Crippen molar-refractivity contribution in [3.05, 3.63) is 48.5 Å². The predicted octanol–water partition coefficient (Wildman–Crippen LogP) is 4.74. The van der Waals surface area contributed by atoms with Crippen LogP contribution in [-0.4, -0.2) is 24.8 Å². The maximum absolute atomic E-state index is 5.60. The third kappa shape index (κ3) is 4.86. The van der Waals surface area contributed by atoms with Crippen LogP contribution in [0.3, 0.4) is 0 Å². The number of anilines is 3. The highest BCUT2D eigenvalue weighted by Crippen LogP contribution is 2.24. The fourth-order valence-corrected chi connectivity index (χ4v) is 2.71. The lowest BCUT2D eigenvalue weighted by Gasteiger charge is -2.21. The van der Waals surface area contributed by atoms with Gasteiger partial charge in [-0.15, -0.1) is 0 Å². The minimum absolute atomic E-state index is 0.540. The number of thiocarbonyl (C=S) groups is 1. The van der Waals surface area contributed by atoms with Crippen molar-refractivity contribution in [1.82, 2.24) is 0 Å². The van der Waals surface area contributed by atoms with Crippen molar-refractivity contribution in [1.29, 1.82) is 0 Å². The predicted molar refractivity (Wildman–Crippen MR) is 107 cm³/mol. The maximum Gasteiger partial charge on any atom is 0.175 e. The first-order chi connectivity index (χ1) is 11.7. The zero-order valence-corrected chi connectivity index (χ0v) is 15.3. The minimum Gasteiger partial charge on any atom is -0.492 e.